The molecule has 9 heteroatoms. The number of nitrogens with two attached hydrogens (primary N) is 1. The molecule has 186 valence electrons. The lowest BCUT2D eigenvalue weighted by atomic mass is 9.82. The van der Waals surface area contributed by atoms with E-state index in [0.717, 1.165) is 41.2 Å². The van der Waals surface area contributed by atoms with Crippen molar-refractivity contribution in [2.75, 3.05) is 18.4 Å². The standard InChI is InChI=1S/C27H29ClN6OS/c1-3-27(25(29)35,22-13-20(11-6-17(22)2)31-21-14-30-15-21)34-12-4-5-23-24(34)33-26(32-23)36-16-18-7-9-19(28)10-8-18/h4-13,21,30-31H,3,14-16H2,1-2H3,(H2,29,35). The van der Waals surface area contributed by atoms with E-state index < -0.39 is 11.4 Å². The number of pyridine rings is 1. The zero-order valence-corrected chi connectivity index (χ0v) is 21.9. The second kappa shape index (κ2) is 10.1. The van der Waals surface area contributed by atoms with Gasteiger partial charge in [0.05, 0.1) is 6.04 Å². The van der Waals surface area contributed by atoms with Crippen LogP contribution >= 0.6 is 23.4 Å². The van der Waals surface area contributed by atoms with Crippen molar-refractivity contribution in [3.05, 3.63) is 82.5 Å². The van der Waals surface area contributed by atoms with Gasteiger partial charge in [-0.1, -0.05) is 48.5 Å². The van der Waals surface area contributed by atoms with Crippen LogP contribution in [-0.2, 0) is 16.1 Å². The number of aromatic nitrogens is 3. The SMILES string of the molecule is CCC(C(N)=O)(c1cc(NC2CNC2)ccc1C)n1cccc2nc(SCc3ccc(Cl)cc3)nc1-2. The summed E-state index contributed by atoms with van der Waals surface area (Å²) in [7, 11) is 0. The molecule has 0 bridgehead atoms. The van der Waals surface area contributed by atoms with Crippen LogP contribution in [0, 0.1) is 6.92 Å². The summed E-state index contributed by atoms with van der Waals surface area (Å²) in [6.45, 7) is 5.85. The minimum Gasteiger partial charge on any atom is -0.380 e. The second-order valence-electron chi connectivity index (χ2n) is 9.12. The number of hydrogen-bond donors (Lipinski definition) is 3. The number of aryl methyl sites for hydroxylation is 1. The van der Waals surface area contributed by atoms with Gasteiger partial charge < -0.3 is 20.9 Å². The van der Waals surface area contributed by atoms with E-state index in [1.54, 1.807) is 11.8 Å². The van der Waals surface area contributed by atoms with E-state index in [9.17, 15) is 4.79 Å². The number of primary amides is 1. The molecule has 3 aliphatic rings. The van der Waals surface area contributed by atoms with Crippen molar-refractivity contribution in [1.29, 1.82) is 0 Å². The van der Waals surface area contributed by atoms with Crippen LogP contribution in [0.25, 0.3) is 11.5 Å². The summed E-state index contributed by atoms with van der Waals surface area (Å²) in [5.41, 5.74) is 9.78. The largest absolute Gasteiger partial charge is 0.380 e. The average molecular weight is 521 g/mol. The maximum Gasteiger partial charge on any atom is 0.248 e. The van der Waals surface area contributed by atoms with Crippen LogP contribution in [0.2, 0.25) is 5.02 Å². The molecule has 0 aromatic heterocycles. The summed E-state index contributed by atoms with van der Waals surface area (Å²) < 4.78 is 1.90. The molecule has 0 radical (unpaired) electrons. The number of imidazole rings is 1. The first-order chi connectivity index (χ1) is 17.4. The molecular formula is C27H29ClN6OS. The fraction of sp³-hybridized carbons (Fsp3) is 0.296. The van der Waals surface area contributed by atoms with E-state index in [1.807, 2.05) is 67.1 Å². The van der Waals surface area contributed by atoms with Crippen molar-refractivity contribution in [1.82, 2.24) is 19.9 Å². The number of halogens is 1. The molecule has 2 aromatic carbocycles. The molecule has 7 nitrogen and oxygen atoms in total. The maximum atomic E-state index is 13.3. The predicted octanol–water partition coefficient (Wildman–Crippen LogP) is 4.66. The summed E-state index contributed by atoms with van der Waals surface area (Å²) in [6.07, 6.45) is 2.36. The van der Waals surface area contributed by atoms with Gasteiger partial charge in [0.15, 0.2) is 11.0 Å². The lowest BCUT2D eigenvalue weighted by molar-refractivity contribution is -0.124. The highest BCUT2D eigenvalue weighted by atomic mass is 35.5. The predicted molar refractivity (Wildman–Crippen MR) is 146 cm³/mol. The molecule has 1 fully saturated rings. The number of nitrogens with one attached hydrogen (secondary N) is 2. The zero-order valence-electron chi connectivity index (χ0n) is 20.3. The Morgan fingerprint density at radius 1 is 1.22 bits per heavy atom. The van der Waals surface area contributed by atoms with E-state index in [-0.39, 0.29) is 0 Å². The monoisotopic (exact) mass is 520 g/mol. The highest BCUT2D eigenvalue weighted by molar-refractivity contribution is 7.98. The number of nitrogens with zero attached hydrogens (tertiary/aromatic N) is 3. The molecule has 4 N–H and O–H groups in total. The number of benzene rings is 2. The summed E-state index contributed by atoms with van der Waals surface area (Å²) in [5.74, 6) is 0.926. The molecule has 1 saturated heterocycles. The highest BCUT2D eigenvalue weighted by Gasteiger charge is 2.42. The van der Waals surface area contributed by atoms with Gasteiger partial charge in [0, 0.05) is 35.7 Å². The van der Waals surface area contributed by atoms with Crippen LogP contribution in [-0.4, -0.2) is 39.6 Å². The first-order valence-electron chi connectivity index (χ1n) is 12.0. The fourth-order valence-electron chi connectivity index (χ4n) is 4.71. The highest BCUT2D eigenvalue weighted by Crippen LogP contribution is 2.38. The third-order valence-electron chi connectivity index (χ3n) is 6.81. The lowest BCUT2D eigenvalue weighted by Crippen LogP contribution is -2.51. The van der Waals surface area contributed by atoms with Crippen LogP contribution < -0.4 is 16.4 Å². The molecule has 3 aliphatic heterocycles. The molecule has 5 rings (SSSR count). The first-order valence-corrected chi connectivity index (χ1v) is 13.4. The summed E-state index contributed by atoms with van der Waals surface area (Å²) in [6, 6.07) is 18.1. The van der Waals surface area contributed by atoms with E-state index in [2.05, 4.69) is 22.8 Å². The lowest BCUT2D eigenvalue weighted by Gasteiger charge is -2.36. The smallest absolute Gasteiger partial charge is 0.248 e. The van der Waals surface area contributed by atoms with E-state index in [4.69, 9.17) is 27.3 Å². The Bertz CT molecular complexity index is 1350. The van der Waals surface area contributed by atoms with Gasteiger partial charge >= 0.3 is 0 Å². The molecule has 3 heterocycles. The van der Waals surface area contributed by atoms with Crippen LogP contribution in [0.5, 0.6) is 0 Å². The summed E-state index contributed by atoms with van der Waals surface area (Å²) >= 11 is 7.56. The Morgan fingerprint density at radius 3 is 2.67 bits per heavy atom. The Kier molecular flexibility index (Phi) is 6.92. The average Bonchev–Trinajstić information content (AvgIpc) is 3.27. The van der Waals surface area contributed by atoms with Gasteiger partial charge in [-0.05, 0) is 66.4 Å². The van der Waals surface area contributed by atoms with Crippen molar-refractivity contribution in [3.8, 4) is 11.5 Å². The summed E-state index contributed by atoms with van der Waals surface area (Å²) in [4.78, 5) is 22.9. The van der Waals surface area contributed by atoms with Crippen molar-refractivity contribution in [3.63, 3.8) is 0 Å². The molecule has 1 unspecified atom stereocenters. The number of fused-ring (bicyclic) bond motifs is 1. The van der Waals surface area contributed by atoms with Crippen LogP contribution in [0.3, 0.4) is 0 Å². The van der Waals surface area contributed by atoms with Crippen LogP contribution in [0.4, 0.5) is 5.69 Å². The van der Waals surface area contributed by atoms with Gasteiger partial charge in [0.1, 0.15) is 11.2 Å². The number of hydrogen-bond acceptors (Lipinski definition) is 6. The number of amides is 1. The maximum absolute atomic E-state index is 13.3. The first kappa shape index (κ1) is 24.6. The Balaban J connectivity index is 1.54. The van der Waals surface area contributed by atoms with E-state index in [1.165, 1.54) is 0 Å². The molecular weight excluding hydrogens is 492 g/mol. The molecule has 1 amide bonds. The van der Waals surface area contributed by atoms with Gasteiger partial charge in [0.25, 0.3) is 0 Å². The molecule has 0 spiro atoms. The van der Waals surface area contributed by atoms with Crippen molar-refractivity contribution >= 4 is 35.0 Å². The van der Waals surface area contributed by atoms with Crippen LogP contribution in [0.15, 0.2) is 66.0 Å². The topological polar surface area (TPSA) is 97.9 Å². The van der Waals surface area contributed by atoms with Crippen molar-refractivity contribution in [2.24, 2.45) is 5.73 Å². The zero-order chi connectivity index (χ0) is 25.3. The number of rotatable bonds is 9. The molecule has 36 heavy (non-hydrogen) atoms. The Labute approximate surface area is 220 Å². The Hall–Kier alpha value is -3.07. The molecule has 0 aliphatic carbocycles. The molecule has 1 atom stereocenters. The minimum atomic E-state index is -1.11. The molecule has 2 aromatic rings. The van der Waals surface area contributed by atoms with Gasteiger partial charge in [0.2, 0.25) is 5.91 Å². The minimum absolute atomic E-state index is 0.377. The summed E-state index contributed by atoms with van der Waals surface area (Å²) in [5, 5.41) is 8.18. The van der Waals surface area contributed by atoms with Crippen molar-refractivity contribution in [2.45, 2.75) is 42.8 Å². The van der Waals surface area contributed by atoms with E-state index in [0.29, 0.717) is 34.2 Å². The third kappa shape index (κ3) is 4.56. The van der Waals surface area contributed by atoms with Crippen molar-refractivity contribution < 1.29 is 4.79 Å². The van der Waals surface area contributed by atoms with Gasteiger partial charge in [-0.25, -0.2) is 9.97 Å². The van der Waals surface area contributed by atoms with Gasteiger partial charge in [-0.3, -0.25) is 4.79 Å². The number of carbonyl (C=O) groups excluding carboxylic acids is 1. The quantitative estimate of drug-likeness (QED) is 0.278. The number of carbonyl (C=O) groups is 1. The number of thioether (sulfide) groups is 1. The Morgan fingerprint density at radius 2 is 2.00 bits per heavy atom. The number of anilines is 1. The normalized spacial score (nSPS) is 15.4. The second-order valence-corrected chi connectivity index (χ2v) is 10.5. The van der Waals surface area contributed by atoms with E-state index >= 15 is 0 Å². The van der Waals surface area contributed by atoms with Gasteiger partial charge in [-0.2, -0.15) is 0 Å². The van der Waals surface area contributed by atoms with Crippen LogP contribution in [0.1, 0.15) is 30.0 Å². The van der Waals surface area contributed by atoms with Gasteiger partial charge in [-0.15, -0.1) is 0 Å². The third-order valence-corrected chi connectivity index (χ3v) is 7.98. The molecule has 0 saturated carbocycles. The fourth-order valence-corrected chi connectivity index (χ4v) is 5.64.